The molecule has 1 spiro atoms. The van der Waals surface area contributed by atoms with Gasteiger partial charge in [-0.1, -0.05) is 42.5 Å². The average molecular weight is 451 g/mol. The molecule has 1 atom stereocenters. The van der Waals surface area contributed by atoms with Crippen molar-refractivity contribution < 1.29 is 18.4 Å². The van der Waals surface area contributed by atoms with Crippen LogP contribution < -0.4 is 10.2 Å². The maximum absolute atomic E-state index is 14.4. The Kier molecular flexibility index (Phi) is 5.09. The normalized spacial score (nSPS) is 19.5. The zero-order valence-corrected chi connectivity index (χ0v) is 17.7. The van der Waals surface area contributed by atoms with Crippen molar-refractivity contribution in [2.75, 3.05) is 22.5 Å². The summed E-state index contributed by atoms with van der Waals surface area (Å²) in [4.78, 5) is 28.6. The molecule has 0 aromatic heterocycles. The van der Waals surface area contributed by atoms with E-state index in [1.54, 1.807) is 36.4 Å². The quantitative estimate of drug-likeness (QED) is 0.613. The molecule has 0 bridgehead atoms. The Labute approximate surface area is 188 Å². The van der Waals surface area contributed by atoms with Gasteiger partial charge in [0.1, 0.15) is 11.6 Å². The van der Waals surface area contributed by atoms with Crippen molar-refractivity contribution in [1.29, 1.82) is 0 Å². The number of halogens is 2. The molecule has 1 saturated heterocycles. The third-order valence-electron chi connectivity index (χ3n) is 5.75. The van der Waals surface area contributed by atoms with Crippen molar-refractivity contribution in [3.63, 3.8) is 0 Å². The summed E-state index contributed by atoms with van der Waals surface area (Å²) in [6, 6.07) is 19.3. The van der Waals surface area contributed by atoms with E-state index >= 15 is 0 Å². The van der Waals surface area contributed by atoms with Crippen molar-refractivity contribution in [3.8, 4) is 0 Å². The summed E-state index contributed by atoms with van der Waals surface area (Å²) < 4.78 is 28.7. The van der Waals surface area contributed by atoms with Gasteiger partial charge in [0.05, 0.1) is 12.2 Å². The molecule has 0 radical (unpaired) electrons. The molecule has 3 aromatic carbocycles. The zero-order chi connectivity index (χ0) is 22.3. The standard InChI is InChI=1S/C24H19F2N3O2S/c25-19-10-6-11-20(26)17(19)15-28-21-12-5-4-9-18(21)24(22(28)30)29(13-14-32-24)23(31)27-16-7-2-1-3-8-16/h1-12H,13-15H2,(H,27,31). The fraction of sp³-hybridized carbons (Fsp3) is 0.167. The van der Waals surface area contributed by atoms with E-state index in [-0.39, 0.29) is 18.0 Å². The van der Waals surface area contributed by atoms with Crippen molar-refractivity contribution in [1.82, 2.24) is 4.90 Å². The molecule has 1 unspecified atom stereocenters. The summed E-state index contributed by atoms with van der Waals surface area (Å²) in [7, 11) is 0. The predicted octanol–water partition coefficient (Wildman–Crippen LogP) is 4.95. The van der Waals surface area contributed by atoms with E-state index in [1.165, 1.54) is 39.8 Å². The molecule has 32 heavy (non-hydrogen) atoms. The molecule has 2 aliphatic rings. The highest BCUT2D eigenvalue weighted by atomic mass is 32.2. The van der Waals surface area contributed by atoms with Gasteiger partial charge < -0.3 is 10.2 Å². The fourth-order valence-electron chi connectivity index (χ4n) is 4.28. The van der Waals surface area contributed by atoms with Gasteiger partial charge in [0.2, 0.25) is 0 Å². The summed E-state index contributed by atoms with van der Waals surface area (Å²) in [6.07, 6.45) is 0. The Bertz CT molecular complexity index is 1190. The van der Waals surface area contributed by atoms with E-state index in [1.807, 2.05) is 18.2 Å². The van der Waals surface area contributed by atoms with E-state index in [0.29, 0.717) is 29.2 Å². The molecule has 3 amide bonds. The van der Waals surface area contributed by atoms with E-state index in [9.17, 15) is 18.4 Å². The number of amides is 3. The minimum absolute atomic E-state index is 0.184. The maximum Gasteiger partial charge on any atom is 0.323 e. The number of hydrogen-bond acceptors (Lipinski definition) is 3. The number of anilines is 2. The van der Waals surface area contributed by atoms with Crippen LogP contribution in [0.3, 0.4) is 0 Å². The lowest BCUT2D eigenvalue weighted by molar-refractivity contribution is -0.123. The first-order chi connectivity index (χ1) is 15.5. The minimum Gasteiger partial charge on any atom is -0.308 e. The van der Waals surface area contributed by atoms with Gasteiger partial charge in [-0.05, 0) is 30.3 Å². The fourth-order valence-corrected chi connectivity index (χ4v) is 5.74. The number of carbonyl (C=O) groups is 2. The monoisotopic (exact) mass is 451 g/mol. The van der Waals surface area contributed by atoms with E-state index < -0.39 is 22.5 Å². The molecular weight excluding hydrogens is 432 g/mol. The Morgan fingerprint density at radius 3 is 2.41 bits per heavy atom. The van der Waals surface area contributed by atoms with Gasteiger partial charge in [-0.3, -0.25) is 9.69 Å². The molecule has 0 aliphatic carbocycles. The van der Waals surface area contributed by atoms with Gasteiger partial charge in [0, 0.05) is 29.1 Å². The number of benzene rings is 3. The van der Waals surface area contributed by atoms with Crippen molar-refractivity contribution in [2.24, 2.45) is 0 Å². The first kappa shape index (κ1) is 20.5. The molecule has 2 heterocycles. The number of nitrogens with zero attached hydrogens (tertiary/aromatic N) is 2. The molecule has 5 rings (SSSR count). The second-order valence-electron chi connectivity index (χ2n) is 7.55. The second kappa shape index (κ2) is 7.94. The largest absolute Gasteiger partial charge is 0.323 e. The van der Waals surface area contributed by atoms with Crippen molar-refractivity contribution >= 4 is 35.1 Å². The topological polar surface area (TPSA) is 52.7 Å². The Hall–Kier alpha value is -3.39. The number of fused-ring (bicyclic) bond motifs is 2. The number of carbonyl (C=O) groups excluding carboxylic acids is 2. The Morgan fingerprint density at radius 2 is 1.66 bits per heavy atom. The molecule has 0 saturated carbocycles. The van der Waals surface area contributed by atoms with Crippen LogP contribution in [0, 0.1) is 11.6 Å². The molecule has 162 valence electrons. The van der Waals surface area contributed by atoms with E-state index in [2.05, 4.69) is 5.32 Å². The van der Waals surface area contributed by atoms with E-state index in [4.69, 9.17) is 0 Å². The van der Waals surface area contributed by atoms with Crippen LogP contribution in [-0.2, 0) is 16.2 Å². The van der Waals surface area contributed by atoms with Crippen LogP contribution in [0.1, 0.15) is 11.1 Å². The number of nitrogens with one attached hydrogen (secondary N) is 1. The molecule has 1 fully saturated rings. The van der Waals surface area contributed by atoms with Crippen LogP contribution in [-0.4, -0.2) is 29.1 Å². The molecule has 3 aromatic rings. The minimum atomic E-state index is -1.28. The summed E-state index contributed by atoms with van der Waals surface area (Å²) in [5.41, 5.74) is 1.63. The van der Waals surface area contributed by atoms with Gasteiger partial charge in [0.15, 0.2) is 4.87 Å². The highest BCUT2D eigenvalue weighted by molar-refractivity contribution is 8.01. The van der Waals surface area contributed by atoms with Gasteiger partial charge in [0.25, 0.3) is 5.91 Å². The molecule has 2 aliphatic heterocycles. The first-order valence-electron chi connectivity index (χ1n) is 10.1. The second-order valence-corrected chi connectivity index (χ2v) is 8.84. The smallest absolute Gasteiger partial charge is 0.308 e. The summed E-state index contributed by atoms with van der Waals surface area (Å²) in [5, 5.41) is 2.85. The number of para-hydroxylation sites is 2. The summed E-state index contributed by atoms with van der Waals surface area (Å²) in [5.74, 6) is -1.25. The molecule has 1 N–H and O–H groups in total. The number of rotatable bonds is 3. The van der Waals surface area contributed by atoms with Crippen LogP contribution in [0.2, 0.25) is 0 Å². The molecule has 5 nitrogen and oxygen atoms in total. The van der Waals surface area contributed by atoms with Crippen LogP contribution in [0.4, 0.5) is 25.0 Å². The summed E-state index contributed by atoms with van der Waals surface area (Å²) in [6.45, 7) is 0.107. The first-order valence-corrected chi connectivity index (χ1v) is 11.1. The molecule has 8 heteroatoms. The van der Waals surface area contributed by atoms with Crippen LogP contribution in [0.25, 0.3) is 0 Å². The van der Waals surface area contributed by atoms with Gasteiger partial charge in [-0.15, -0.1) is 11.8 Å². The number of hydrogen-bond donors (Lipinski definition) is 1. The van der Waals surface area contributed by atoms with Gasteiger partial charge in [-0.25, -0.2) is 13.6 Å². The SMILES string of the molecule is O=C(Nc1ccccc1)N1CCSC12C(=O)N(Cc1c(F)cccc1F)c1ccccc12. The van der Waals surface area contributed by atoms with Crippen LogP contribution in [0.5, 0.6) is 0 Å². The highest BCUT2D eigenvalue weighted by Crippen LogP contribution is 2.54. The Balaban J connectivity index is 1.54. The lowest BCUT2D eigenvalue weighted by atomic mass is 10.1. The lowest BCUT2D eigenvalue weighted by Gasteiger charge is -2.33. The van der Waals surface area contributed by atoms with Crippen molar-refractivity contribution in [3.05, 3.63) is 95.6 Å². The zero-order valence-electron chi connectivity index (χ0n) is 16.9. The third-order valence-corrected chi connectivity index (χ3v) is 7.17. The highest BCUT2D eigenvalue weighted by Gasteiger charge is 2.59. The van der Waals surface area contributed by atoms with Gasteiger partial charge in [-0.2, -0.15) is 0 Å². The maximum atomic E-state index is 14.4. The van der Waals surface area contributed by atoms with Crippen molar-refractivity contribution in [2.45, 2.75) is 11.4 Å². The van der Waals surface area contributed by atoms with Crippen LogP contribution in [0.15, 0.2) is 72.8 Å². The number of urea groups is 1. The average Bonchev–Trinajstić information content (AvgIpc) is 3.34. The van der Waals surface area contributed by atoms with Gasteiger partial charge >= 0.3 is 6.03 Å². The molecular formula is C24H19F2N3O2S. The third kappa shape index (κ3) is 3.14. The predicted molar refractivity (Wildman–Crippen MR) is 120 cm³/mol. The Morgan fingerprint density at radius 1 is 0.969 bits per heavy atom. The summed E-state index contributed by atoms with van der Waals surface area (Å²) >= 11 is 1.36. The van der Waals surface area contributed by atoms with Crippen LogP contribution >= 0.6 is 11.8 Å². The lowest BCUT2D eigenvalue weighted by Crippen LogP contribution is -2.51. The number of thioether (sulfide) groups is 1. The van der Waals surface area contributed by atoms with E-state index in [0.717, 1.165) is 0 Å².